The lowest BCUT2D eigenvalue weighted by molar-refractivity contribution is 0.446. The molecular weight excluding hydrogens is 791 g/mol. The average Bonchev–Trinajstić information content (AvgIpc) is 0.833. The smallest absolute Gasteiger partial charge is 0.149 e. The highest BCUT2D eigenvalue weighted by Crippen LogP contribution is 2.45. The summed E-state index contributed by atoms with van der Waals surface area (Å²) in [5, 5.41) is 13.0. The third-order valence-electron chi connectivity index (χ3n) is 11.9. The standard InChI is InChI=1S/C61H67N3O/c1-38(2)30-44-34-49(26-27-50(44)42-18-15-14-16-19-42)64-55-21-17-20-51(56(55)63-58(64)52-36-48(60(8,9)10)37-53(57(52)65)61(11,12)13)45-31-46(33-47(32-45)59(5,6)7)54-35-43(28-29-62-54)41-24-22-40(23-25-41)39(3)4/h14-29,31-39,65H,30H2,1-13H3/i8D3,9D3,10D3,11D3,12D3,13D3,39D. The van der Waals surface area contributed by atoms with Gasteiger partial charge in [0.05, 0.1) is 22.3 Å². The minimum atomic E-state index is -4.13. The number of phenolic OH excluding ortho intramolecular Hbond substituents is 1. The Kier molecular flexibility index (Phi) is 7.25. The van der Waals surface area contributed by atoms with Crippen molar-refractivity contribution in [2.75, 3.05) is 0 Å². The second kappa shape index (κ2) is 17.3. The number of benzene rings is 6. The van der Waals surface area contributed by atoms with Gasteiger partial charge in [-0.15, -0.1) is 0 Å². The maximum Gasteiger partial charge on any atom is 0.149 e. The van der Waals surface area contributed by atoms with Crippen LogP contribution in [-0.2, 0) is 22.7 Å². The molecule has 0 spiro atoms. The van der Waals surface area contributed by atoms with Crippen LogP contribution in [0.1, 0.15) is 149 Å². The fourth-order valence-corrected chi connectivity index (χ4v) is 8.44. The van der Waals surface area contributed by atoms with Crippen LogP contribution < -0.4 is 0 Å². The molecule has 0 amide bonds. The Morgan fingerprint density at radius 3 is 1.98 bits per heavy atom. The van der Waals surface area contributed by atoms with E-state index in [1.54, 1.807) is 30.5 Å². The Morgan fingerprint density at radius 2 is 1.31 bits per heavy atom. The van der Waals surface area contributed by atoms with E-state index in [0.717, 1.165) is 45.0 Å². The first-order chi connectivity index (χ1) is 38.5. The third-order valence-corrected chi connectivity index (χ3v) is 11.9. The number of hydrogen-bond donors (Lipinski definition) is 1. The number of rotatable bonds is 9. The highest BCUT2D eigenvalue weighted by atomic mass is 16.3. The van der Waals surface area contributed by atoms with Crippen molar-refractivity contribution in [2.24, 2.45) is 5.92 Å². The topological polar surface area (TPSA) is 50.9 Å². The molecule has 0 saturated heterocycles. The van der Waals surface area contributed by atoms with Crippen LogP contribution in [0.25, 0.3) is 72.7 Å². The van der Waals surface area contributed by atoms with E-state index in [0.29, 0.717) is 46.1 Å². The zero-order valence-electron chi connectivity index (χ0n) is 56.9. The van der Waals surface area contributed by atoms with Crippen LogP contribution in [0, 0.1) is 5.92 Å². The molecule has 8 aromatic rings. The summed E-state index contributed by atoms with van der Waals surface area (Å²) in [5.74, 6) is -2.47. The number of aromatic nitrogens is 3. The molecule has 2 heterocycles. The van der Waals surface area contributed by atoms with Crippen LogP contribution >= 0.6 is 0 Å². The first-order valence-corrected chi connectivity index (χ1v) is 21.8. The van der Waals surface area contributed by atoms with Crippen molar-refractivity contribution in [3.05, 3.63) is 167 Å². The van der Waals surface area contributed by atoms with Gasteiger partial charge in [0, 0.05) is 54.6 Å². The number of nitrogens with zero attached hydrogens (tertiary/aromatic N) is 3. The number of imidazole rings is 1. The summed E-state index contributed by atoms with van der Waals surface area (Å²) in [6.45, 7) is -10.7. The second-order valence-corrected chi connectivity index (χ2v) is 18.7. The first kappa shape index (κ1) is 27.3. The van der Waals surface area contributed by atoms with E-state index in [4.69, 9.17) is 36.0 Å². The number of fused-ring (bicyclic) bond motifs is 1. The normalized spacial score (nSPS) is 18.1. The number of aromatic hydroxyl groups is 1. The fraction of sp³-hybridized carbons (Fsp3) is 0.311. The monoisotopic (exact) mass is 877 g/mol. The van der Waals surface area contributed by atoms with Gasteiger partial charge in [-0.1, -0.05) is 175 Å². The largest absolute Gasteiger partial charge is 0.507 e. The lowest BCUT2D eigenvalue weighted by Gasteiger charge is -2.27. The predicted octanol–water partition coefficient (Wildman–Crippen LogP) is 16.7. The van der Waals surface area contributed by atoms with Crippen molar-refractivity contribution in [1.82, 2.24) is 14.5 Å². The van der Waals surface area contributed by atoms with E-state index in [9.17, 15) is 5.11 Å². The van der Waals surface area contributed by atoms with Gasteiger partial charge in [0.2, 0.25) is 0 Å². The highest BCUT2D eigenvalue weighted by Gasteiger charge is 2.29. The predicted molar refractivity (Wildman–Crippen MR) is 276 cm³/mol. The Balaban J connectivity index is 1.56. The van der Waals surface area contributed by atoms with Crippen molar-refractivity contribution in [2.45, 2.75) is 118 Å². The van der Waals surface area contributed by atoms with Gasteiger partial charge in [-0.05, 0) is 133 Å². The highest BCUT2D eigenvalue weighted by molar-refractivity contribution is 5.97. The maximum atomic E-state index is 13.0. The van der Waals surface area contributed by atoms with Gasteiger partial charge in [-0.3, -0.25) is 9.55 Å². The van der Waals surface area contributed by atoms with Crippen LogP contribution in [0.4, 0.5) is 0 Å². The summed E-state index contributed by atoms with van der Waals surface area (Å²) in [7, 11) is 0. The lowest BCUT2D eigenvalue weighted by Crippen LogP contribution is -2.17. The van der Waals surface area contributed by atoms with Gasteiger partial charge >= 0.3 is 0 Å². The molecule has 0 radical (unpaired) electrons. The molecule has 0 atom stereocenters. The van der Waals surface area contributed by atoms with Gasteiger partial charge in [0.25, 0.3) is 0 Å². The van der Waals surface area contributed by atoms with Gasteiger partial charge in [0.15, 0.2) is 0 Å². The molecule has 6 aromatic carbocycles. The van der Waals surface area contributed by atoms with Crippen LogP contribution in [-0.4, -0.2) is 19.6 Å². The zero-order valence-corrected chi connectivity index (χ0v) is 37.9. The molecule has 8 rings (SSSR count). The van der Waals surface area contributed by atoms with Gasteiger partial charge in [-0.25, -0.2) is 4.98 Å². The Labute approximate surface area is 415 Å². The molecular formula is C61H67N3O. The SMILES string of the molecule is [2H]C(C)(C)c1ccc(-c2ccnc(-c3cc(-c4cccc5c4nc(-c4cc(C(C([2H])([2H])[2H])(C([2H])([2H])[2H])C([2H])([2H])[2H])cc(C(C([2H])([2H])[2H])(C([2H])([2H])[2H])C([2H])([2H])[2H])c4O)n5-c4ccc(-c5ccccc5)c(CC(C)C)c4)cc(C(C)(C)C)c3)c2)cc1. The second-order valence-electron chi connectivity index (χ2n) is 18.7. The van der Waals surface area contributed by atoms with E-state index in [2.05, 4.69) is 0 Å². The van der Waals surface area contributed by atoms with E-state index >= 15 is 0 Å². The quantitative estimate of drug-likeness (QED) is 0.157. The van der Waals surface area contributed by atoms with E-state index in [1.807, 2.05) is 146 Å². The summed E-state index contributed by atoms with van der Waals surface area (Å²) >= 11 is 0. The number of para-hydroxylation sites is 1. The van der Waals surface area contributed by atoms with Gasteiger partial charge in [-0.2, -0.15) is 0 Å². The molecule has 4 nitrogen and oxygen atoms in total. The molecule has 332 valence electrons. The molecule has 0 aliphatic heterocycles. The Bertz CT molecular complexity index is 3670. The van der Waals surface area contributed by atoms with Crippen molar-refractivity contribution < 1.29 is 31.2 Å². The van der Waals surface area contributed by atoms with Crippen LogP contribution in [0.15, 0.2) is 140 Å². The number of pyridine rings is 1. The van der Waals surface area contributed by atoms with E-state index < -0.39 is 91.5 Å². The third kappa shape index (κ3) is 9.32. The van der Waals surface area contributed by atoms with Crippen LogP contribution in [0.3, 0.4) is 0 Å². The molecule has 0 unspecified atom stereocenters. The molecule has 0 saturated carbocycles. The summed E-state index contributed by atoms with van der Waals surface area (Å²) in [6.07, 6.45) is 2.22. The maximum absolute atomic E-state index is 13.0. The summed E-state index contributed by atoms with van der Waals surface area (Å²) in [4.78, 5) is 10.0. The molecule has 4 heteroatoms. The van der Waals surface area contributed by atoms with Crippen molar-refractivity contribution in [1.29, 1.82) is 0 Å². The molecule has 0 aliphatic rings. The Morgan fingerprint density at radius 1 is 0.600 bits per heavy atom. The van der Waals surface area contributed by atoms with E-state index in [1.165, 1.54) is 4.57 Å². The first-order valence-electron chi connectivity index (χ1n) is 31.3. The summed E-state index contributed by atoms with van der Waals surface area (Å²) < 4.78 is 168. The molecule has 2 aromatic heterocycles. The number of phenols is 1. The molecule has 0 aliphatic carbocycles. The molecule has 65 heavy (non-hydrogen) atoms. The average molecular weight is 877 g/mol. The fourth-order valence-electron chi connectivity index (χ4n) is 8.44. The van der Waals surface area contributed by atoms with Crippen molar-refractivity contribution in [3.8, 4) is 67.5 Å². The van der Waals surface area contributed by atoms with Gasteiger partial charge in [0.1, 0.15) is 11.6 Å². The molecule has 0 bridgehead atoms. The van der Waals surface area contributed by atoms with Crippen molar-refractivity contribution in [3.63, 3.8) is 0 Å². The molecule has 0 fully saturated rings. The van der Waals surface area contributed by atoms with E-state index in [-0.39, 0.29) is 11.4 Å². The van der Waals surface area contributed by atoms with Crippen molar-refractivity contribution >= 4 is 11.0 Å². The van der Waals surface area contributed by atoms with Gasteiger partial charge < -0.3 is 5.11 Å². The lowest BCUT2D eigenvalue weighted by atomic mass is 9.79. The molecule has 1 N–H and O–H groups in total. The zero-order chi connectivity index (χ0) is 62.5. The Hall–Kier alpha value is -6.26. The van der Waals surface area contributed by atoms with Crippen LogP contribution in [0.5, 0.6) is 5.75 Å². The minimum Gasteiger partial charge on any atom is -0.507 e. The number of hydrogen-bond acceptors (Lipinski definition) is 3. The summed E-state index contributed by atoms with van der Waals surface area (Å²) in [6, 6.07) is 38.8. The summed E-state index contributed by atoms with van der Waals surface area (Å²) in [5.41, 5.74) is -2.85. The minimum absolute atomic E-state index is 0.0817. The van der Waals surface area contributed by atoms with Crippen LogP contribution in [0.2, 0.25) is 0 Å².